The van der Waals surface area contributed by atoms with E-state index in [4.69, 9.17) is 4.98 Å². The maximum Gasteiger partial charge on any atom is 0.124 e. The quantitative estimate of drug-likeness (QED) is 0.881. The van der Waals surface area contributed by atoms with Crippen molar-refractivity contribution in [2.75, 3.05) is 6.54 Å². The van der Waals surface area contributed by atoms with Gasteiger partial charge in [-0.25, -0.2) is 4.98 Å². The van der Waals surface area contributed by atoms with Gasteiger partial charge in [0.1, 0.15) is 5.01 Å². The lowest BCUT2D eigenvalue weighted by Gasteiger charge is -2.10. The van der Waals surface area contributed by atoms with Crippen LogP contribution in [0.4, 0.5) is 0 Å². The number of nitrogens with zero attached hydrogens (tertiary/aromatic N) is 1. The first kappa shape index (κ1) is 15.2. The Labute approximate surface area is 126 Å². The molecule has 1 unspecified atom stereocenters. The first-order chi connectivity index (χ1) is 9.43. The highest BCUT2D eigenvalue weighted by atomic mass is 32.1. The van der Waals surface area contributed by atoms with Gasteiger partial charge in [-0.1, -0.05) is 24.6 Å². The fourth-order valence-corrected chi connectivity index (χ4v) is 4.10. The number of hydrogen-bond acceptors (Lipinski definition) is 3. The Bertz CT molecular complexity index is 590. The lowest BCUT2D eigenvalue weighted by molar-refractivity contribution is 0.603. The molecule has 1 atom stereocenters. The molecule has 1 aromatic heterocycles. The van der Waals surface area contributed by atoms with Crippen LogP contribution < -0.4 is 5.32 Å². The third kappa shape index (κ3) is 2.94. The molecule has 0 saturated carbocycles. The molecule has 0 aliphatic rings. The number of nitrogens with one attached hydrogen (secondary N) is 1. The first-order valence-corrected chi connectivity index (χ1v) is 8.04. The van der Waals surface area contributed by atoms with E-state index in [-0.39, 0.29) is 0 Å². The van der Waals surface area contributed by atoms with Gasteiger partial charge in [0.25, 0.3) is 0 Å². The largest absolute Gasteiger partial charge is 0.310 e. The maximum atomic E-state index is 4.81. The van der Waals surface area contributed by atoms with Gasteiger partial charge in [0.15, 0.2) is 0 Å². The van der Waals surface area contributed by atoms with E-state index in [1.807, 2.05) is 11.3 Å². The van der Waals surface area contributed by atoms with Crippen molar-refractivity contribution in [3.63, 3.8) is 0 Å². The van der Waals surface area contributed by atoms with Gasteiger partial charge in [-0.15, -0.1) is 11.3 Å². The lowest BCUT2D eigenvalue weighted by atomic mass is 10.0. The normalized spacial score (nSPS) is 12.7. The second kappa shape index (κ2) is 6.06. The molecule has 3 heteroatoms. The van der Waals surface area contributed by atoms with Crippen LogP contribution in [0, 0.1) is 27.7 Å². The molecular formula is C17H24N2S. The highest BCUT2D eigenvalue weighted by Gasteiger charge is 2.17. The third-order valence-corrected chi connectivity index (χ3v) is 4.98. The van der Waals surface area contributed by atoms with Crippen molar-refractivity contribution in [1.29, 1.82) is 0 Å². The van der Waals surface area contributed by atoms with E-state index in [2.05, 4.69) is 59.0 Å². The molecule has 20 heavy (non-hydrogen) atoms. The summed E-state index contributed by atoms with van der Waals surface area (Å²) in [5, 5.41) is 4.63. The van der Waals surface area contributed by atoms with Crippen molar-refractivity contribution in [3.05, 3.63) is 39.4 Å². The monoisotopic (exact) mass is 288 g/mol. The molecule has 108 valence electrons. The Hall–Kier alpha value is -1.19. The third-order valence-electron chi connectivity index (χ3n) is 3.63. The highest BCUT2D eigenvalue weighted by Crippen LogP contribution is 2.35. The molecule has 2 aromatic rings. The SMILES string of the molecule is CCNC(C)c1sc(-c2c(C)cc(C)cc2C)nc1C. The number of aromatic nitrogens is 1. The minimum atomic E-state index is 0.373. The summed E-state index contributed by atoms with van der Waals surface area (Å²) in [6, 6.07) is 4.86. The smallest absolute Gasteiger partial charge is 0.124 e. The zero-order chi connectivity index (χ0) is 14.9. The van der Waals surface area contributed by atoms with Crippen molar-refractivity contribution >= 4 is 11.3 Å². The minimum Gasteiger partial charge on any atom is -0.310 e. The number of hydrogen-bond donors (Lipinski definition) is 1. The molecule has 1 aromatic carbocycles. The number of thiazole rings is 1. The van der Waals surface area contributed by atoms with Gasteiger partial charge in [0.2, 0.25) is 0 Å². The van der Waals surface area contributed by atoms with E-state index < -0.39 is 0 Å². The van der Waals surface area contributed by atoms with Gasteiger partial charge >= 0.3 is 0 Å². The summed E-state index contributed by atoms with van der Waals surface area (Å²) in [4.78, 5) is 6.16. The molecule has 0 saturated heterocycles. The van der Waals surface area contributed by atoms with E-state index in [9.17, 15) is 0 Å². The zero-order valence-electron chi connectivity index (χ0n) is 13.3. The summed E-state index contributed by atoms with van der Waals surface area (Å²) in [5.41, 5.74) is 6.41. The Kier molecular flexibility index (Phi) is 4.61. The Morgan fingerprint density at radius 1 is 1.15 bits per heavy atom. The molecule has 2 nitrogen and oxygen atoms in total. The molecule has 2 rings (SSSR count). The molecular weight excluding hydrogens is 264 g/mol. The van der Waals surface area contributed by atoms with Gasteiger partial charge in [0.05, 0.1) is 5.69 Å². The molecule has 1 heterocycles. The average molecular weight is 288 g/mol. The van der Waals surface area contributed by atoms with Gasteiger partial charge in [0, 0.05) is 16.5 Å². The van der Waals surface area contributed by atoms with Crippen LogP contribution >= 0.6 is 11.3 Å². The molecule has 0 amide bonds. The number of benzene rings is 1. The molecule has 1 N–H and O–H groups in total. The van der Waals surface area contributed by atoms with Crippen molar-refractivity contribution in [1.82, 2.24) is 10.3 Å². The molecule has 0 bridgehead atoms. The van der Waals surface area contributed by atoms with Gasteiger partial charge in [-0.2, -0.15) is 0 Å². The fourth-order valence-electron chi connectivity index (χ4n) is 2.83. The second-order valence-electron chi connectivity index (χ2n) is 5.52. The Balaban J connectivity index is 2.47. The fraction of sp³-hybridized carbons (Fsp3) is 0.471. The van der Waals surface area contributed by atoms with Crippen molar-refractivity contribution < 1.29 is 0 Å². The van der Waals surface area contributed by atoms with Crippen LogP contribution in [0.3, 0.4) is 0 Å². The summed E-state index contributed by atoms with van der Waals surface area (Å²) in [5.74, 6) is 0. The standard InChI is InChI=1S/C17H24N2S/c1-7-18-13(5)16-14(6)19-17(20-16)15-11(3)8-10(2)9-12(15)4/h8-9,13,18H,7H2,1-6H3. The number of aryl methyl sites for hydroxylation is 4. The highest BCUT2D eigenvalue weighted by molar-refractivity contribution is 7.15. The Morgan fingerprint density at radius 3 is 2.30 bits per heavy atom. The van der Waals surface area contributed by atoms with Crippen molar-refractivity contribution in [2.24, 2.45) is 0 Å². The number of rotatable bonds is 4. The molecule has 0 aliphatic heterocycles. The van der Waals surface area contributed by atoms with Crippen LogP contribution in [-0.2, 0) is 0 Å². The van der Waals surface area contributed by atoms with E-state index in [1.54, 1.807) is 0 Å². The topological polar surface area (TPSA) is 24.9 Å². The van der Waals surface area contributed by atoms with E-state index in [1.165, 1.54) is 27.1 Å². The maximum absolute atomic E-state index is 4.81. The van der Waals surface area contributed by atoms with E-state index in [0.29, 0.717) is 6.04 Å². The summed E-state index contributed by atoms with van der Waals surface area (Å²) in [7, 11) is 0. The van der Waals surface area contributed by atoms with E-state index in [0.717, 1.165) is 17.2 Å². The summed E-state index contributed by atoms with van der Waals surface area (Å²) in [6.45, 7) is 14.0. The lowest BCUT2D eigenvalue weighted by Crippen LogP contribution is -2.17. The van der Waals surface area contributed by atoms with Crippen LogP contribution in [-0.4, -0.2) is 11.5 Å². The van der Waals surface area contributed by atoms with E-state index >= 15 is 0 Å². The minimum absolute atomic E-state index is 0.373. The van der Waals surface area contributed by atoms with Crippen LogP contribution in [0.1, 0.15) is 47.2 Å². The molecule has 0 spiro atoms. The molecule has 0 aliphatic carbocycles. The van der Waals surface area contributed by atoms with Crippen LogP contribution in [0.25, 0.3) is 10.6 Å². The summed E-state index contributed by atoms with van der Waals surface area (Å²) in [6.07, 6.45) is 0. The zero-order valence-corrected chi connectivity index (χ0v) is 14.1. The average Bonchev–Trinajstić information content (AvgIpc) is 2.70. The van der Waals surface area contributed by atoms with Crippen LogP contribution in [0.2, 0.25) is 0 Å². The predicted octanol–water partition coefficient (Wildman–Crippen LogP) is 4.71. The first-order valence-electron chi connectivity index (χ1n) is 7.23. The van der Waals surface area contributed by atoms with Crippen LogP contribution in [0.5, 0.6) is 0 Å². The predicted molar refractivity (Wildman–Crippen MR) is 88.6 cm³/mol. The summed E-state index contributed by atoms with van der Waals surface area (Å²) < 4.78 is 0. The summed E-state index contributed by atoms with van der Waals surface area (Å²) >= 11 is 1.82. The Morgan fingerprint density at radius 2 is 1.75 bits per heavy atom. The molecule has 0 fully saturated rings. The van der Waals surface area contributed by atoms with Gasteiger partial charge in [-0.3, -0.25) is 0 Å². The van der Waals surface area contributed by atoms with Gasteiger partial charge < -0.3 is 5.32 Å². The van der Waals surface area contributed by atoms with Crippen molar-refractivity contribution in [3.8, 4) is 10.6 Å². The van der Waals surface area contributed by atoms with Crippen LogP contribution in [0.15, 0.2) is 12.1 Å². The van der Waals surface area contributed by atoms with Crippen molar-refractivity contribution in [2.45, 2.75) is 47.6 Å². The van der Waals surface area contributed by atoms with Gasteiger partial charge in [-0.05, 0) is 52.3 Å². The second-order valence-corrected chi connectivity index (χ2v) is 6.55. The molecule has 0 radical (unpaired) electrons.